The number of piperidine rings is 1. The lowest BCUT2D eigenvalue weighted by Gasteiger charge is -2.45. The van der Waals surface area contributed by atoms with Crippen molar-refractivity contribution in [3.8, 4) is 0 Å². The zero-order valence-electron chi connectivity index (χ0n) is 10.9. The van der Waals surface area contributed by atoms with Crippen LogP contribution in [0.25, 0.3) is 0 Å². The van der Waals surface area contributed by atoms with Gasteiger partial charge in [0.25, 0.3) is 0 Å². The molecule has 16 heavy (non-hydrogen) atoms. The Morgan fingerprint density at radius 2 is 1.75 bits per heavy atom. The van der Waals surface area contributed by atoms with E-state index in [1.54, 1.807) is 0 Å². The Labute approximate surface area is 104 Å². The van der Waals surface area contributed by atoms with E-state index in [9.17, 15) is 0 Å². The average Bonchev–Trinajstić information content (AvgIpc) is 2.30. The molecule has 2 rings (SSSR count). The minimum absolute atomic E-state index is 0.731. The summed E-state index contributed by atoms with van der Waals surface area (Å²) in [5.41, 5.74) is 0. The number of nitrogens with zero attached hydrogens (tertiary/aromatic N) is 3. The van der Waals surface area contributed by atoms with Crippen LogP contribution in [0, 0.1) is 0 Å². The van der Waals surface area contributed by atoms with Crippen molar-refractivity contribution >= 4 is 11.9 Å². The van der Waals surface area contributed by atoms with Crippen molar-refractivity contribution in [1.29, 1.82) is 0 Å². The largest absolute Gasteiger partial charge is 0.306 e. The monoisotopic (exact) mass is 243 g/mol. The molecule has 2 heterocycles. The van der Waals surface area contributed by atoms with Crippen LogP contribution in [0.3, 0.4) is 0 Å². The van der Waals surface area contributed by atoms with E-state index in [0.29, 0.717) is 0 Å². The third kappa shape index (κ3) is 2.92. The number of piperazine rings is 1. The molecule has 3 nitrogen and oxygen atoms in total. The first-order valence-corrected chi connectivity index (χ1v) is 7.62. The zero-order chi connectivity index (χ0) is 11.5. The molecule has 0 unspecified atom stereocenters. The smallest absolute Gasteiger partial charge is 0.0244 e. The fourth-order valence-electron chi connectivity index (χ4n) is 2.97. The third-order valence-electron chi connectivity index (χ3n) is 4.06. The highest BCUT2D eigenvalue weighted by atomic mass is 32.2. The molecule has 0 spiro atoms. The van der Waals surface area contributed by atoms with E-state index in [1.807, 2.05) is 11.9 Å². The molecule has 0 bridgehead atoms. The highest BCUT2D eigenvalue weighted by Crippen LogP contribution is 2.22. The van der Waals surface area contributed by atoms with E-state index in [1.165, 1.54) is 45.6 Å². The molecule has 0 aromatic carbocycles. The van der Waals surface area contributed by atoms with E-state index < -0.39 is 0 Å². The lowest BCUT2D eigenvalue weighted by atomic mass is 10.0. The molecule has 2 fully saturated rings. The van der Waals surface area contributed by atoms with E-state index in [2.05, 4.69) is 34.3 Å². The van der Waals surface area contributed by atoms with Gasteiger partial charge < -0.3 is 4.90 Å². The van der Waals surface area contributed by atoms with Crippen molar-refractivity contribution < 1.29 is 0 Å². The lowest BCUT2D eigenvalue weighted by molar-refractivity contribution is 0.0526. The Morgan fingerprint density at radius 1 is 1.06 bits per heavy atom. The van der Waals surface area contributed by atoms with Gasteiger partial charge in [-0.2, -0.15) is 0 Å². The summed E-state index contributed by atoms with van der Waals surface area (Å²) >= 11 is 1.90. The van der Waals surface area contributed by atoms with Crippen molar-refractivity contribution in [2.24, 2.45) is 0 Å². The van der Waals surface area contributed by atoms with Crippen molar-refractivity contribution in [3.63, 3.8) is 0 Å². The normalized spacial score (nSPS) is 32.1. The predicted molar refractivity (Wildman–Crippen MR) is 71.8 cm³/mol. The molecular formula is C12H25N3S. The van der Waals surface area contributed by atoms with Gasteiger partial charge >= 0.3 is 0 Å². The van der Waals surface area contributed by atoms with Crippen LogP contribution in [0.1, 0.15) is 19.8 Å². The van der Waals surface area contributed by atoms with Crippen LogP contribution >= 0.6 is 11.9 Å². The second-order valence-corrected chi connectivity index (χ2v) is 6.07. The summed E-state index contributed by atoms with van der Waals surface area (Å²) in [7, 11) is 2.24. The Morgan fingerprint density at radius 3 is 2.31 bits per heavy atom. The summed E-state index contributed by atoms with van der Waals surface area (Å²) in [5.74, 6) is 0. The summed E-state index contributed by atoms with van der Waals surface area (Å²) in [4.78, 5) is 5.21. The molecule has 2 saturated heterocycles. The number of rotatable bonds is 2. The highest BCUT2D eigenvalue weighted by molar-refractivity contribution is 7.96. The second kappa shape index (κ2) is 5.71. The molecule has 0 saturated carbocycles. The summed E-state index contributed by atoms with van der Waals surface area (Å²) < 4.78 is 2.50. The van der Waals surface area contributed by atoms with E-state index in [0.717, 1.165) is 12.1 Å². The SMILES string of the molecule is CSN1CCN(C2CCN(C)CC2)[C@@H](C)C1. The van der Waals surface area contributed by atoms with Gasteiger partial charge in [0.05, 0.1) is 0 Å². The number of hydrogen-bond acceptors (Lipinski definition) is 4. The van der Waals surface area contributed by atoms with Gasteiger partial charge in [-0.15, -0.1) is 0 Å². The first kappa shape index (κ1) is 12.7. The Balaban J connectivity index is 1.85. The van der Waals surface area contributed by atoms with Gasteiger partial charge in [0.1, 0.15) is 0 Å². The Kier molecular flexibility index (Phi) is 4.53. The van der Waals surface area contributed by atoms with Gasteiger partial charge in [0.15, 0.2) is 0 Å². The minimum Gasteiger partial charge on any atom is -0.306 e. The van der Waals surface area contributed by atoms with Crippen LogP contribution in [0.5, 0.6) is 0 Å². The average molecular weight is 243 g/mol. The van der Waals surface area contributed by atoms with Gasteiger partial charge in [-0.25, -0.2) is 4.31 Å². The standard InChI is InChI=1S/C12H25N3S/c1-11-10-14(16-3)8-9-15(11)12-4-6-13(2)7-5-12/h11-12H,4-10H2,1-3H3/t11-/m0/s1. The maximum atomic E-state index is 2.75. The molecule has 0 radical (unpaired) electrons. The maximum Gasteiger partial charge on any atom is 0.0244 e. The van der Waals surface area contributed by atoms with Crippen LogP contribution in [-0.2, 0) is 0 Å². The van der Waals surface area contributed by atoms with Crippen molar-refractivity contribution in [1.82, 2.24) is 14.1 Å². The van der Waals surface area contributed by atoms with E-state index in [4.69, 9.17) is 0 Å². The van der Waals surface area contributed by atoms with Gasteiger partial charge in [-0.3, -0.25) is 4.90 Å². The molecule has 94 valence electrons. The second-order valence-electron chi connectivity index (χ2n) is 5.19. The van der Waals surface area contributed by atoms with Gasteiger partial charge in [-0.05, 0) is 46.2 Å². The van der Waals surface area contributed by atoms with Crippen molar-refractivity contribution in [3.05, 3.63) is 0 Å². The lowest BCUT2D eigenvalue weighted by Crippen LogP contribution is -2.55. The number of hydrogen-bond donors (Lipinski definition) is 0. The molecule has 0 aromatic rings. The fourth-order valence-corrected chi connectivity index (χ4v) is 3.60. The van der Waals surface area contributed by atoms with Crippen LogP contribution in [0.15, 0.2) is 0 Å². The molecule has 0 N–H and O–H groups in total. The molecule has 0 aliphatic carbocycles. The van der Waals surface area contributed by atoms with Crippen LogP contribution < -0.4 is 0 Å². The minimum atomic E-state index is 0.731. The Bertz CT molecular complexity index is 216. The molecule has 1 atom stereocenters. The number of likely N-dealkylation sites (tertiary alicyclic amines) is 1. The molecule has 0 amide bonds. The summed E-state index contributed by atoms with van der Waals surface area (Å²) in [6.45, 7) is 8.67. The molecule has 4 heteroatoms. The highest BCUT2D eigenvalue weighted by Gasteiger charge is 2.30. The first-order chi connectivity index (χ1) is 7.70. The van der Waals surface area contributed by atoms with Crippen molar-refractivity contribution in [2.75, 3.05) is 46.0 Å². The zero-order valence-corrected chi connectivity index (χ0v) is 11.7. The van der Waals surface area contributed by atoms with Gasteiger partial charge in [0.2, 0.25) is 0 Å². The maximum absolute atomic E-state index is 2.75. The summed E-state index contributed by atoms with van der Waals surface area (Å²) in [6, 6.07) is 1.57. The predicted octanol–water partition coefficient (Wildman–Crippen LogP) is 1.36. The molecule has 2 aliphatic rings. The molecular weight excluding hydrogens is 218 g/mol. The molecule has 0 aromatic heterocycles. The van der Waals surface area contributed by atoms with Gasteiger partial charge in [-0.1, -0.05) is 11.9 Å². The van der Waals surface area contributed by atoms with Crippen LogP contribution in [0.4, 0.5) is 0 Å². The molecule has 2 aliphatic heterocycles. The summed E-state index contributed by atoms with van der Waals surface area (Å²) in [5, 5.41) is 0. The van der Waals surface area contributed by atoms with E-state index >= 15 is 0 Å². The van der Waals surface area contributed by atoms with Crippen LogP contribution in [-0.4, -0.2) is 72.2 Å². The first-order valence-electron chi connectivity index (χ1n) is 6.44. The fraction of sp³-hybridized carbons (Fsp3) is 1.00. The van der Waals surface area contributed by atoms with E-state index in [-0.39, 0.29) is 0 Å². The third-order valence-corrected chi connectivity index (χ3v) is 4.90. The summed E-state index contributed by atoms with van der Waals surface area (Å²) in [6.07, 6.45) is 4.91. The van der Waals surface area contributed by atoms with Gasteiger partial charge in [0, 0.05) is 31.7 Å². The van der Waals surface area contributed by atoms with Crippen LogP contribution in [0.2, 0.25) is 0 Å². The quantitative estimate of drug-likeness (QED) is 0.677. The Hall–Kier alpha value is 0.230. The topological polar surface area (TPSA) is 9.72 Å². The van der Waals surface area contributed by atoms with Crippen molar-refractivity contribution in [2.45, 2.75) is 31.8 Å².